The van der Waals surface area contributed by atoms with Crippen molar-refractivity contribution in [2.45, 2.75) is 38.6 Å². The molecule has 0 bridgehead atoms. The van der Waals surface area contributed by atoms with Crippen LogP contribution < -0.4 is 9.47 Å². The van der Waals surface area contributed by atoms with E-state index in [4.69, 9.17) is 9.47 Å². The highest BCUT2D eigenvalue weighted by molar-refractivity contribution is 6.59. The second-order valence-electron chi connectivity index (χ2n) is 7.09. The van der Waals surface area contributed by atoms with Crippen LogP contribution in [0.4, 0.5) is 5.69 Å². The van der Waals surface area contributed by atoms with E-state index in [9.17, 15) is 10.1 Å². The van der Waals surface area contributed by atoms with Crippen LogP contribution in [0.25, 0.3) is 0 Å². The van der Waals surface area contributed by atoms with Crippen LogP contribution in [-0.2, 0) is 6.61 Å². The first-order valence-corrected chi connectivity index (χ1v) is 11.3. The van der Waals surface area contributed by atoms with Gasteiger partial charge < -0.3 is 9.47 Å². The Morgan fingerprint density at radius 3 is 2.36 bits per heavy atom. The summed E-state index contributed by atoms with van der Waals surface area (Å²) in [5.74, 6) is 0.822. The van der Waals surface area contributed by atoms with E-state index in [-0.39, 0.29) is 23.1 Å². The third kappa shape index (κ3) is 5.32. The van der Waals surface area contributed by atoms with Crippen molar-refractivity contribution in [3.05, 3.63) is 64.2 Å². The van der Waals surface area contributed by atoms with Crippen LogP contribution in [0.1, 0.15) is 19.4 Å². The molecule has 0 radical (unpaired) electrons. The first kappa shape index (κ1) is 19.0. The van der Waals surface area contributed by atoms with Crippen molar-refractivity contribution in [1.82, 2.24) is 0 Å². The second kappa shape index (κ2) is 8.16. The molecule has 0 saturated heterocycles. The van der Waals surface area contributed by atoms with Gasteiger partial charge in [0.2, 0.25) is 5.75 Å². The molecule has 0 spiro atoms. The molecule has 0 aliphatic heterocycles. The first-order valence-electron chi connectivity index (χ1n) is 8.37. The van der Waals surface area contributed by atoms with Gasteiger partial charge >= 0.3 is 5.69 Å². The molecule has 0 unspecified atom stereocenters. The van der Waals surface area contributed by atoms with Gasteiger partial charge in [-0.15, -0.1) is 0 Å². The highest BCUT2D eigenvalue weighted by Gasteiger charge is 2.25. The molecule has 0 N–H and O–H groups in total. The van der Waals surface area contributed by atoms with E-state index in [1.807, 2.05) is 30.3 Å². The minimum Gasteiger partial charge on any atom is -0.493 e. The molecule has 2 aromatic rings. The SMILES string of the molecule is C[SiH](C)C(C)(C)COc1ccc([N+](=O)[O-])c(OCc2ccccc2)c1. The maximum atomic E-state index is 11.2. The van der Waals surface area contributed by atoms with Gasteiger partial charge in [-0.2, -0.15) is 0 Å². The van der Waals surface area contributed by atoms with Crippen LogP contribution in [0.5, 0.6) is 11.5 Å². The summed E-state index contributed by atoms with van der Waals surface area (Å²) in [6.45, 7) is 9.83. The molecule has 0 atom stereocenters. The van der Waals surface area contributed by atoms with Gasteiger partial charge in [0.05, 0.1) is 11.5 Å². The first-order chi connectivity index (χ1) is 11.8. The van der Waals surface area contributed by atoms with Crippen molar-refractivity contribution < 1.29 is 14.4 Å². The number of nitrogens with zero attached hydrogens (tertiary/aromatic N) is 1. The molecule has 134 valence electrons. The zero-order valence-electron chi connectivity index (χ0n) is 15.2. The Hall–Kier alpha value is -2.34. The van der Waals surface area contributed by atoms with Crippen molar-refractivity contribution in [3.8, 4) is 11.5 Å². The summed E-state index contributed by atoms with van der Waals surface area (Å²) in [5, 5.41) is 11.4. The maximum Gasteiger partial charge on any atom is 0.311 e. The van der Waals surface area contributed by atoms with E-state index in [2.05, 4.69) is 26.9 Å². The van der Waals surface area contributed by atoms with Gasteiger partial charge in [-0.05, 0) is 16.7 Å². The molecule has 0 heterocycles. The molecule has 2 rings (SSSR count). The quantitative estimate of drug-likeness (QED) is 0.385. The predicted molar refractivity (Wildman–Crippen MR) is 102 cm³/mol. The average Bonchev–Trinajstić information content (AvgIpc) is 2.59. The topological polar surface area (TPSA) is 61.6 Å². The normalized spacial score (nSPS) is 11.4. The maximum absolute atomic E-state index is 11.2. The van der Waals surface area contributed by atoms with Gasteiger partial charge in [-0.25, -0.2) is 0 Å². The average molecular weight is 359 g/mol. The molecule has 0 aliphatic rings. The number of nitro groups is 1. The highest BCUT2D eigenvalue weighted by Crippen LogP contribution is 2.34. The second-order valence-corrected chi connectivity index (χ2v) is 11.0. The monoisotopic (exact) mass is 359 g/mol. The van der Waals surface area contributed by atoms with Crippen molar-refractivity contribution in [3.63, 3.8) is 0 Å². The van der Waals surface area contributed by atoms with E-state index >= 15 is 0 Å². The van der Waals surface area contributed by atoms with Gasteiger partial charge in [-0.3, -0.25) is 10.1 Å². The molecule has 2 aromatic carbocycles. The van der Waals surface area contributed by atoms with Crippen molar-refractivity contribution in [1.29, 1.82) is 0 Å². The molecule has 0 saturated carbocycles. The number of rotatable bonds is 8. The van der Waals surface area contributed by atoms with E-state index < -0.39 is 13.7 Å². The molecular formula is C19H25NO4Si. The summed E-state index contributed by atoms with van der Waals surface area (Å²) in [5.41, 5.74) is 0.899. The Bertz CT molecular complexity index is 717. The number of ether oxygens (including phenoxy) is 2. The molecule has 0 aromatic heterocycles. The lowest BCUT2D eigenvalue weighted by Crippen LogP contribution is -2.27. The fourth-order valence-electron chi connectivity index (χ4n) is 2.02. The summed E-state index contributed by atoms with van der Waals surface area (Å²) in [6, 6.07) is 14.2. The van der Waals surface area contributed by atoms with E-state index in [0.717, 1.165) is 5.56 Å². The van der Waals surface area contributed by atoms with Crippen molar-refractivity contribution >= 4 is 14.5 Å². The van der Waals surface area contributed by atoms with E-state index in [1.165, 1.54) is 6.07 Å². The Morgan fingerprint density at radius 2 is 1.76 bits per heavy atom. The van der Waals surface area contributed by atoms with Crippen LogP contribution in [0, 0.1) is 10.1 Å². The summed E-state index contributed by atoms with van der Waals surface area (Å²) < 4.78 is 11.6. The van der Waals surface area contributed by atoms with Gasteiger partial charge in [0.25, 0.3) is 0 Å². The lowest BCUT2D eigenvalue weighted by atomic mass is 10.2. The standard InChI is InChI=1S/C19H25NO4Si/c1-19(2,25(3)4)14-24-16-10-11-17(20(21)22)18(12-16)23-13-15-8-6-5-7-9-15/h5-12,25H,13-14H2,1-4H3. The lowest BCUT2D eigenvalue weighted by Gasteiger charge is -2.28. The summed E-state index contributed by atoms with van der Waals surface area (Å²) in [7, 11) is -0.878. The van der Waals surface area contributed by atoms with Crippen LogP contribution >= 0.6 is 0 Å². The van der Waals surface area contributed by atoms with Gasteiger partial charge in [0, 0.05) is 20.9 Å². The molecular weight excluding hydrogens is 334 g/mol. The predicted octanol–water partition coefficient (Wildman–Crippen LogP) is 4.82. The third-order valence-electron chi connectivity index (χ3n) is 4.54. The highest BCUT2D eigenvalue weighted by atomic mass is 28.3. The number of hydrogen-bond acceptors (Lipinski definition) is 4. The summed E-state index contributed by atoms with van der Waals surface area (Å²) in [6.07, 6.45) is 0. The number of benzene rings is 2. The van der Waals surface area contributed by atoms with Gasteiger partial charge in [-0.1, -0.05) is 57.3 Å². The fourth-order valence-corrected chi connectivity index (χ4v) is 2.44. The molecule has 6 heteroatoms. The van der Waals surface area contributed by atoms with Gasteiger partial charge in [0.15, 0.2) is 0 Å². The fraction of sp³-hybridized carbons (Fsp3) is 0.368. The molecule has 5 nitrogen and oxygen atoms in total. The molecule has 0 fully saturated rings. The zero-order valence-corrected chi connectivity index (χ0v) is 16.3. The largest absolute Gasteiger partial charge is 0.493 e. The molecule has 0 amide bonds. The molecule has 0 aliphatic carbocycles. The minimum atomic E-state index is -0.878. The smallest absolute Gasteiger partial charge is 0.311 e. The van der Waals surface area contributed by atoms with Crippen LogP contribution in [0.15, 0.2) is 48.5 Å². The Morgan fingerprint density at radius 1 is 1.08 bits per heavy atom. The Kier molecular flexibility index (Phi) is 6.20. The van der Waals surface area contributed by atoms with Crippen molar-refractivity contribution in [2.75, 3.05) is 6.61 Å². The van der Waals surface area contributed by atoms with Gasteiger partial charge in [0.1, 0.15) is 12.4 Å². The Labute approximate surface area is 150 Å². The van der Waals surface area contributed by atoms with Crippen molar-refractivity contribution in [2.24, 2.45) is 0 Å². The van der Waals surface area contributed by atoms with E-state index in [1.54, 1.807) is 12.1 Å². The lowest BCUT2D eigenvalue weighted by molar-refractivity contribution is -0.386. The van der Waals surface area contributed by atoms with Crippen LogP contribution in [-0.4, -0.2) is 20.3 Å². The summed E-state index contributed by atoms with van der Waals surface area (Å²) in [4.78, 5) is 10.8. The Balaban J connectivity index is 2.14. The van der Waals surface area contributed by atoms with Crippen LogP contribution in [0.3, 0.4) is 0 Å². The number of hydrogen-bond donors (Lipinski definition) is 0. The minimum absolute atomic E-state index is 0.0548. The zero-order chi connectivity index (χ0) is 18.4. The third-order valence-corrected chi connectivity index (χ3v) is 7.83. The van der Waals surface area contributed by atoms with E-state index in [0.29, 0.717) is 12.4 Å². The van der Waals surface area contributed by atoms with Crippen LogP contribution in [0.2, 0.25) is 18.1 Å². The summed E-state index contributed by atoms with van der Waals surface area (Å²) >= 11 is 0. The molecule has 25 heavy (non-hydrogen) atoms. The number of nitro benzene ring substituents is 1.